The Morgan fingerprint density at radius 3 is 2.47 bits per heavy atom. The monoisotopic (exact) mass is 272 g/mol. The van der Waals surface area contributed by atoms with Gasteiger partial charge in [0.2, 0.25) is 0 Å². The number of nitrogens with zero attached hydrogens (tertiary/aromatic N) is 1. The average molecular weight is 272 g/mol. The molecule has 1 atom stereocenters. The number of carbonyl (C=O) groups is 1. The van der Waals surface area contributed by atoms with Crippen molar-refractivity contribution >= 4 is 6.09 Å². The Labute approximate surface area is 116 Å². The summed E-state index contributed by atoms with van der Waals surface area (Å²) in [5.41, 5.74) is 5.27. The summed E-state index contributed by atoms with van der Waals surface area (Å²) < 4.78 is 5.36. The van der Waals surface area contributed by atoms with Crippen LogP contribution < -0.4 is 5.73 Å². The van der Waals surface area contributed by atoms with Crippen molar-refractivity contribution in [3.05, 3.63) is 0 Å². The van der Waals surface area contributed by atoms with Crippen LogP contribution in [0.1, 0.15) is 46.5 Å². The lowest BCUT2D eigenvalue weighted by molar-refractivity contribution is 0.0179. The largest absolute Gasteiger partial charge is 0.444 e. The highest BCUT2D eigenvalue weighted by molar-refractivity contribution is 5.68. The number of amides is 1. The van der Waals surface area contributed by atoms with Crippen LogP contribution in [-0.2, 0) is 4.74 Å². The minimum Gasteiger partial charge on any atom is -0.444 e. The van der Waals surface area contributed by atoms with Gasteiger partial charge in [-0.05, 0) is 52.4 Å². The van der Waals surface area contributed by atoms with Crippen LogP contribution in [0.5, 0.6) is 0 Å². The fourth-order valence-corrected chi connectivity index (χ4v) is 2.27. The molecular weight excluding hydrogens is 244 g/mol. The molecule has 5 nitrogen and oxygen atoms in total. The van der Waals surface area contributed by atoms with Gasteiger partial charge in [-0.2, -0.15) is 0 Å². The highest BCUT2D eigenvalue weighted by Gasteiger charge is 2.26. The smallest absolute Gasteiger partial charge is 0.410 e. The van der Waals surface area contributed by atoms with Crippen molar-refractivity contribution in [1.29, 1.82) is 0 Å². The number of rotatable bonds is 4. The summed E-state index contributed by atoms with van der Waals surface area (Å²) in [4.78, 5) is 13.7. The van der Waals surface area contributed by atoms with E-state index in [9.17, 15) is 4.79 Å². The highest BCUT2D eigenvalue weighted by Crippen LogP contribution is 2.23. The van der Waals surface area contributed by atoms with E-state index in [0.717, 1.165) is 38.8 Å². The van der Waals surface area contributed by atoms with Gasteiger partial charge in [-0.3, -0.25) is 0 Å². The second kappa shape index (κ2) is 7.10. The number of hydrogen-bond donors (Lipinski definition) is 2. The van der Waals surface area contributed by atoms with Crippen molar-refractivity contribution in [3.63, 3.8) is 0 Å². The fraction of sp³-hybridized carbons (Fsp3) is 0.929. The molecule has 0 spiro atoms. The van der Waals surface area contributed by atoms with Crippen molar-refractivity contribution in [2.75, 3.05) is 19.7 Å². The zero-order valence-electron chi connectivity index (χ0n) is 12.4. The molecule has 1 unspecified atom stereocenters. The lowest BCUT2D eigenvalue weighted by Gasteiger charge is -2.33. The minimum absolute atomic E-state index is 0.0523. The van der Waals surface area contributed by atoms with Crippen LogP contribution in [0.15, 0.2) is 0 Å². The molecule has 0 aliphatic carbocycles. The SMILES string of the molecule is CC(C)(C)OC(=O)N1CCC(CCC(N)CO)CC1. The Morgan fingerprint density at radius 2 is 2.00 bits per heavy atom. The molecule has 0 aromatic heterocycles. The number of likely N-dealkylation sites (tertiary alicyclic amines) is 1. The van der Waals surface area contributed by atoms with Crippen LogP contribution in [-0.4, -0.2) is 47.4 Å². The summed E-state index contributed by atoms with van der Waals surface area (Å²) in [6, 6.07) is -0.108. The maximum atomic E-state index is 11.9. The summed E-state index contributed by atoms with van der Waals surface area (Å²) in [6.07, 6.45) is 3.67. The first-order valence-electron chi connectivity index (χ1n) is 7.16. The predicted octanol–water partition coefficient (Wildman–Crippen LogP) is 1.73. The second-order valence-electron chi connectivity index (χ2n) is 6.43. The molecule has 0 aromatic rings. The average Bonchev–Trinajstić information content (AvgIpc) is 2.34. The molecular formula is C14H28N2O3. The van der Waals surface area contributed by atoms with Crippen LogP contribution in [0.25, 0.3) is 0 Å². The first-order valence-corrected chi connectivity index (χ1v) is 7.16. The van der Waals surface area contributed by atoms with Gasteiger partial charge in [0.05, 0.1) is 6.61 Å². The summed E-state index contributed by atoms with van der Waals surface area (Å²) in [6.45, 7) is 7.22. The summed E-state index contributed by atoms with van der Waals surface area (Å²) in [7, 11) is 0. The predicted molar refractivity (Wildman–Crippen MR) is 74.8 cm³/mol. The number of aliphatic hydroxyl groups excluding tert-OH is 1. The van der Waals surface area contributed by atoms with Crippen LogP contribution in [0.4, 0.5) is 4.79 Å². The zero-order valence-corrected chi connectivity index (χ0v) is 12.4. The van der Waals surface area contributed by atoms with Crippen molar-refractivity contribution in [1.82, 2.24) is 4.90 Å². The van der Waals surface area contributed by atoms with Gasteiger partial charge >= 0.3 is 6.09 Å². The van der Waals surface area contributed by atoms with Crippen molar-refractivity contribution in [2.45, 2.75) is 58.1 Å². The quantitative estimate of drug-likeness (QED) is 0.817. The summed E-state index contributed by atoms with van der Waals surface area (Å²) >= 11 is 0. The molecule has 0 saturated carbocycles. The van der Waals surface area contributed by atoms with Crippen LogP contribution >= 0.6 is 0 Å². The number of aliphatic hydroxyl groups is 1. The van der Waals surface area contributed by atoms with Crippen LogP contribution in [0, 0.1) is 5.92 Å². The van der Waals surface area contributed by atoms with Crippen LogP contribution in [0.3, 0.4) is 0 Å². The standard InChI is InChI=1S/C14H28N2O3/c1-14(2,3)19-13(18)16-8-6-11(7-9-16)4-5-12(15)10-17/h11-12,17H,4-10,15H2,1-3H3. The van der Waals surface area contributed by atoms with Gasteiger partial charge in [0.15, 0.2) is 0 Å². The fourth-order valence-electron chi connectivity index (χ4n) is 2.27. The second-order valence-corrected chi connectivity index (χ2v) is 6.43. The molecule has 1 aliphatic heterocycles. The van der Waals surface area contributed by atoms with E-state index in [0.29, 0.717) is 5.92 Å². The third kappa shape index (κ3) is 6.25. The van der Waals surface area contributed by atoms with Crippen molar-refractivity contribution < 1.29 is 14.6 Å². The maximum Gasteiger partial charge on any atom is 0.410 e. The van der Waals surface area contributed by atoms with Gasteiger partial charge in [0, 0.05) is 19.1 Å². The van der Waals surface area contributed by atoms with E-state index in [-0.39, 0.29) is 18.7 Å². The molecule has 5 heteroatoms. The van der Waals surface area contributed by atoms with E-state index in [1.54, 1.807) is 4.90 Å². The normalized spacial score (nSPS) is 19.3. The topological polar surface area (TPSA) is 75.8 Å². The first kappa shape index (κ1) is 16.2. The Hall–Kier alpha value is -0.810. The lowest BCUT2D eigenvalue weighted by Crippen LogP contribution is -2.42. The summed E-state index contributed by atoms with van der Waals surface area (Å²) in [5.74, 6) is 0.608. The molecule has 1 aliphatic rings. The summed E-state index contributed by atoms with van der Waals surface area (Å²) in [5, 5.41) is 8.89. The molecule has 1 heterocycles. The molecule has 1 saturated heterocycles. The maximum absolute atomic E-state index is 11.9. The third-order valence-corrected chi connectivity index (χ3v) is 3.45. The van der Waals surface area contributed by atoms with E-state index < -0.39 is 5.60 Å². The Bertz CT molecular complexity index is 281. The van der Waals surface area contributed by atoms with E-state index in [2.05, 4.69) is 0 Å². The van der Waals surface area contributed by atoms with Crippen LogP contribution in [0.2, 0.25) is 0 Å². The van der Waals surface area contributed by atoms with Gasteiger partial charge in [-0.15, -0.1) is 0 Å². The number of hydrogen-bond acceptors (Lipinski definition) is 4. The Morgan fingerprint density at radius 1 is 1.42 bits per heavy atom. The van der Waals surface area contributed by atoms with E-state index in [1.807, 2.05) is 20.8 Å². The molecule has 1 rings (SSSR count). The number of carbonyl (C=O) groups excluding carboxylic acids is 1. The zero-order chi connectivity index (χ0) is 14.5. The molecule has 19 heavy (non-hydrogen) atoms. The van der Waals surface area contributed by atoms with Gasteiger partial charge in [0.1, 0.15) is 5.60 Å². The first-order chi connectivity index (χ1) is 8.81. The lowest BCUT2D eigenvalue weighted by atomic mass is 9.91. The van der Waals surface area contributed by atoms with Gasteiger partial charge in [-0.25, -0.2) is 4.79 Å². The van der Waals surface area contributed by atoms with Gasteiger partial charge < -0.3 is 20.5 Å². The van der Waals surface area contributed by atoms with E-state index in [1.165, 1.54) is 0 Å². The van der Waals surface area contributed by atoms with Crippen molar-refractivity contribution in [3.8, 4) is 0 Å². The molecule has 1 fully saturated rings. The third-order valence-electron chi connectivity index (χ3n) is 3.45. The minimum atomic E-state index is -0.429. The molecule has 0 aromatic carbocycles. The molecule has 0 bridgehead atoms. The number of nitrogens with two attached hydrogens (primary N) is 1. The van der Waals surface area contributed by atoms with E-state index >= 15 is 0 Å². The molecule has 0 radical (unpaired) electrons. The Balaban J connectivity index is 2.27. The van der Waals surface area contributed by atoms with Crippen molar-refractivity contribution in [2.24, 2.45) is 11.7 Å². The molecule has 112 valence electrons. The van der Waals surface area contributed by atoms with Gasteiger partial charge in [0.25, 0.3) is 0 Å². The van der Waals surface area contributed by atoms with E-state index in [4.69, 9.17) is 15.6 Å². The molecule has 1 amide bonds. The number of piperidine rings is 1. The van der Waals surface area contributed by atoms with Gasteiger partial charge in [-0.1, -0.05) is 0 Å². The molecule has 3 N–H and O–H groups in total. The Kier molecular flexibility index (Phi) is 6.07. The number of ether oxygens (including phenoxy) is 1. The highest BCUT2D eigenvalue weighted by atomic mass is 16.6.